The van der Waals surface area contributed by atoms with Gasteiger partial charge in [-0.3, -0.25) is 0 Å². The van der Waals surface area contributed by atoms with Crippen LogP contribution in [0.2, 0.25) is 0 Å². The van der Waals surface area contributed by atoms with Crippen molar-refractivity contribution in [1.82, 2.24) is 0 Å². The van der Waals surface area contributed by atoms with E-state index in [0.717, 1.165) is 12.1 Å². The predicted octanol–water partition coefficient (Wildman–Crippen LogP) is 3.14. The zero-order chi connectivity index (χ0) is 11.5. The molecule has 0 heterocycles. The number of nitrogens with two attached hydrogens (primary N) is 1. The minimum atomic E-state index is -0.753. The lowest BCUT2D eigenvalue weighted by Gasteiger charge is -2.06. The molecule has 16 heavy (non-hydrogen) atoms. The van der Waals surface area contributed by atoms with Gasteiger partial charge in [0.2, 0.25) is 0 Å². The normalized spacial score (nSPS) is 10.1. The van der Waals surface area contributed by atoms with Gasteiger partial charge in [-0.05, 0) is 30.3 Å². The van der Waals surface area contributed by atoms with Gasteiger partial charge in [-0.15, -0.1) is 0 Å². The summed E-state index contributed by atoms with van der Waals surface area (Å²) in [4.78, 5) is 0. The maximum Gasteiger partial charge on any atom is 0.168 e. The third kappa shape index (κ3) is 2.28. The molecule has 2 N–H and O–H groups in total. The molecule has 0 atom stereocenters. The van der Waals surface area contributed by atoms with Gasteiger partial charge in [-0.1, -0.05) is 0 Å². The maximum atomic E-state index is 13.2. The van der Waals surface area contributed by atoms with Crippen LogP contribution in [0.3, 0.4) is 0 Å². The van der Waals surface area contributed by atoms with Crippen LogP contribution < -0.4 is 10.5 Å². The molecule has 0 bridgehead atoms. The summed E-state index contributed by atoms with van der Waals surface area (Å²) < 4.78 is 31.0. The fraction of sp³-hybridized carbons (Fsp3) is 0. The molecule has 81 valence electrons. The predicted molar refractivity (Wildman–Crippen MR) is 56.1 cm³/mol. The summed E-state index contributed by atoms with van der Waals surface area (Å²) in [5, 5.41) is 0. The minimum Gasteiger partial charge on any atom is -0.454 e. The van der Waals surface area contributed by atoms with Gasteiger partial charge in [0.05, 0.1) is 0 Å². The van der Waals surface area contributed by atoms with Gasteiger partial charge in [0.1, 0.15) is 11.6 Å². The number of nitrogen functional groups attached to an aromatic ring is 1. The first kappa shape index (κ1) is 10.4. The first-order chi connectivity index (χ1) is 7.65. The third-order valence-electron chi connectivity index (χ3n) is 1.93. The number of hydrogen-bond acceptors (Lipinski definition) is 2. The van der Waals surface area contributed by atoms with E-state index in [1.54, 1.807) is 12.1 Å². The molecule has 0 saturated heterocycles. The topological polar surface area (TPSA) is 35.2 Å². The summed E-state index contributed by atoms with van der Waals surface area (Å²) in [5.74, 6) is -1.05. The molecule has 2 aromatic carbocycles. The summed E-state index contributed by atoms with van der Waals surface area (Å²) in [7, 11) is 0. The van der Waals surface area contributed by atoms with Gasteiger partial charge in [-0.2, -0.15) is 0 Å². The van der Waals surface area contributed by atoms with E-state index in [1.807, 2.05) is 0 Å². The van der Waals surface area contributed by atoms with E-state index in [9.17, 15) is 8.78 Å². The Hall–Kier alpha value is -2.10. The second-order valence-corrected chi connectivity index (χ2v) is 3.16. The number of rotatable bonds is 2. The van der Waals surface area contributed by atoms with Gasteiger partial charge in [0, 0.05) is 17.8 Å². The van der Waals surface area contributed by atoms with Crippen molar-refractivity contribution in [3.63, 3.8) is 0 Å². The second-order valence-electron chi connectivity index (χ2n) is 3.16. The van der Waals surface area contributed by atoms with E-state index in [1.165, 1.54) is 12.1 Å². The fourth-order valence-electron chi connectivity index (χ4n) is 1.17. The molecule has 2 rings (SSSR count). The van der Waals surface area contributed by atoms with Crippen LogP contribution in [0.4, 0.5) is 14.5 Å². The molecule has 0 amide bonds. The van der Waals surface area contributed by atoms with E-state index in [2.05, 4.69) is 6.07 Å². The van der Waals surface area contributed by atoms with Crippen molar-refractivity contribution in [1.29, 1.82) is 0 Å². The SMILES string of the molecule is Nc1[c]cc(Oc2ccc(F)cc2F)cc1. The summed E-state index contributed by atoms with van der Waals surface area (Å²) in [5.41, 5.74) is 5.90. The number of anilines is 1. The molecule has 0 spiro atoms. The molecule has 0 aliphatic rings. The Kier molecular flexibility index (Phi) is 2.72. The van der Waals surface area contributed by atoms with Crippen molar-refractivity contribution in [3.8, 4) is 11.5 Å². The van der Waals surface area contributed by atoms with Crippen LogP contribution in [0.1, 0.15) is 0 Å². The second kappa shape index (κ2) is 4.18. The quantitative estimate of drug-likeness (QED) is 0.789. The minimum absolute atomic E-state index is 0.0421. The molecule has 0 aliphatic carbocycles. The van der Waals surface area contributed by atoms with E-state index in [-0.39, 0.29) is 5.75 Å². The molecule has 0 aliphatic heterocycles. The van der Waals surface area contributed by atoms with Crippen LogP contribution in [0.15, 0.2) is 36.4 Å². The van der Waals surface area contributed by atoms with Crippen molar-refractivity contribution >= 4 is 5.69 Å². The summed E-state index contributed by atoms with van der Waals surface area (Å²) >= 11 is 0. The van der Waals surface area contributed by atoms with Crippen molar-refractivity contribution in [2.75, 3.05) is 5.73 Å². The largest absolute Gasteiger partial charge is 0.454 e. The first-order valence-electron chi connectivity index (χ1n) is 4.55. The highest BCUT2D eigenvalue weighted by Gasteiger charge is 2.05. The number of hydrogen-bond donors (Lipinski definition) is 1. The molecule has 0 saturated carbocycles. The molecule has 0 aromatic heterocycles. The Morgan fingerprint density at radius 1 is 1.12 bits per heavy atom. The molecular weight excluding hydrogens is 212 g/mol. The standard InChI is InChI=1S/C12H8F2NO/c13-8-1-6-12(11(14)7-8)16-10-4-2-9(15)3-5-10/h1-2,4-7H,15H2. The van der Waals surface area contributed by atoms with Crippen LogP contribution in [0.5, 0.6) is 11.5 Å². The lowest BCUT2D eigenvalue weighted by molar-refractivity contribution is 0.437. The van der Waals surface area contributed by atoms with Gasteiger partial charge < -0.3 is 10.5 Å². The van der Waals surface area contributed by atoms with Crippen molar-refractivity contribution in [3.05, 3.63) is 54.1 Å². The maximum absolute atomic E-state index is 13.2. The Morgan fingerprint density at radius 3 is 2.56 bits per heavy atom. The fourth-order valence-corrected chi connectivity index (χ4v) is 1.17. The van der Waals surface area contributed by atoms with Crippen molar-refractivity contribution in [2.45, 2.75) is 0 Å². The van der Waals surface area contributed by atoms with Gasteiger partial charge in [0.15, 0.2) is 11.6 Å². The van der Waals surface area contributed by atoms with Crippen LogP contribution in [0, 0.1) is 17.7 Å². The molecule has 1 radical (unpaired) electrons. The van der Waals surface area contributed by atoms with Crippen molar-refractivity contribution < 1.29 is 13.5 Å². The highest BCUT2D eigenvalue weighted by atomic mass is 19.1. The van der Waals surface area contributed by atoms with E-state index < -0.39 is 11.6 Å². The van der Waals surface area contributed by atoms with E-state index in [0.29, 0.717) is 11.4 Å². The highest BCUT2D eigenvalue weighted by molar-refractivity contribution is 5.42. The number of halogens is 2. The average Bonchev–Trinajstić information content (AvgIpc) is 2.25. The van der Waals surface area contributed by atoms with E-state index in [4.69, 9.17) is 10.5 Å². The monoisotopic (exact) mass is 220 g/mol. The van der Waals surface area contributed by atoms with Crippen LogP contribution in [-0.4, -0.2) is 0 Å². The summed E-state index contributed by atoms with van der Waals surface area (Å²) in [6.07, 6.45) is 0. The van der Waals surface area contributed by atoms with Gasteiger partial charge in [-0.25, -0.2) is 8.78 Å². The molecular formula is C12H8F2NO. The summed E-state index contributed by atoms with van der Waals surface area (Å²) in [6.45, 7) is 0. The van der Waals surface area contributed by atoms with Crippen LogP contribution in [0.25, 0.3) is 0 Å². The molecule has 2 aromatic rings. The molecule has 2 nitrogen and oxygen atoms in total. The average molecular weight is 220 g/mol. The summed E-state index contributed by atoms with van der Waals surface area (Å²) in [6, 6.07) is 10.5. The molecule has 4 heteroatoms. The van der Waals surface area contributed by atoms with Gasteiger partial charge >= 0.3 is 0 Å². The Labute approximate surface area is 91.3 Å². The Balaban J connectivity index is 2.23. The highest BCUT2D eigenvalue weighted by Crippen LogP contribution is 2.25. The third-order valence-corrected chi connectivity index (χ3v) is 1.93. The van der Waals surface area contributed by atoms with E-state index >= 15 is 0 Å². The first-order valence-corrected chi connectivity index (χ1v) is 4.55. The lowest BCUT2D eigenvalue weighted by atomic mass is 10.3. The molecule has 0 fully saturated rings. The Morgan fingerprint density at radius 2 is 1.94 bits per heavy atom. The van der Waals surface area contributed by atoms with Crippen molar-refractivity contribution in [2.24, 2.45) is 0 Å². The lowest BCUT2D eigenvalue weighted by Crippen LogP contribution is -1.90. The zero-order valence-electron chi connectivity index (χ0n) is 8.21. The number of benzene rings is 2. The van der Waals surface area contributed by atoms with Gasteiger partial charge in [0.25, 0.3) is 0 Å². The Bertz CT molecular complexity index is 497. The van der Waals surface area contributed by atoms with Crippen LogP contribution in [-0.2, 0) is 0 Å². The number of ether oxygens (including phenoxy) is 1. The van der Waals surface area contributed by atoms with Crippen LogP contribution >= 0.6 is 0 Å². The zero-order valence-corrected chi connectivity index (χ0v) is 8.21. The molecule has 0 unspecified atom stereocenters. The smallest absolute Gasteiger partial charge is 0.168 e.